The SMILES string of the molecule is CC1(C)OB(c2ccc(C3CC3)nc2)OC1(C)C.C[C@@H](Oc1cc(-c2ccc(C3CC3)nc2)cc2nn(C)cc12)[C@H]1CNC(=O)C1.C[C@@H](Oc1nc(Cl)cc2nn(C)cc12)[C@H]1CNC(=O)C1. The Hall–Kier alpha value is -5.58. The van der Waals surface area contributed by atoms with Gasteiger partial charge in [0.05, 0.1) is 27.5 Å². The Labute approximate surface area is 390 Å². The van der Waals surface area contributed by atoms with E-state index < -0.39 is 0 Å². The van der Waals surface area contributed by atoms with E-state index in [0.29, 0.717) is 48.8 Å². The van der Waals surface area contributed by atoms with Crippen molar-refractivity contribution in [2.24, 2.45) is 25.9 Å². The minimum Gasteiger partial charge on any atom is -0.490 e. The van der Waals surface area contributed by atoms with Crippen molar-refractivity contribution in [3.63, 3.8) is 0 Å². The molecule has 2 N–H and O–H groups in total. The van der Waals surface area contributed by atoms with Gasteiger partial charge >= 0.3 is 7.12 Å². The second-order valence-corrected chi connectivity index (χ2v) is 19.9. The fourth-order valence-electron chi connectivity index (χ4n) is 8.48. The van der Waals surface area contributed by atoms with Gasteiger partial charge < -0.3 is 29.4 Å². The predicted molar refractivity (Wildman–Crippen MR) is 254 cm³/mol. The average molecular weight is 916 g/mol. The average Bonchev–Trinajstić information content (AvgIpc) is 4.11. The Morgan fingerprint density at radius 2 is 1.27 bits per heavy atom. The number of fused-ring (bicyclic) bond motifs is 2. The van der Waals surface area contributed by atoms with E-state index in [2.05, 4.69) is 99.9 Å². The molecule has 4 atom stereocenters. The van der Waals surface area contributed by atoms with Crippen LogP contribution >= 0.6 is 11.6 Å². The molecule has 2 amide bonds. The first kappa shape index (κ1) is 45.6. The minimum absolute atomic E-state index is 0.0621. The van der Waals surface area contributed by atoms with Gasteiger partial charge in [0, 0.05) is 117 Å². The molecule has 2 aliphatic carbocycles. The van der Waals surface area contributed by atoms with Crippen molar-refractivity contribution in [2.45, 2.75) is 115 Å². The van der Waals surface area contributed by atoms with Crippen molar-refractivity contribution in [2.75, 3.05) is 13.1 Å². The fraction of sp³-hybridized carbons (Fsp3) is 0.490. The molecule has 5 fully saturated rings. The quantitative estimate of drug-likeness (QED) is 0.105. The van der Waals surface area contributed by atoms with Gasteiger partial charge in [-0.3, -0.25) is 28.9 Å². The Morgan fingerprint density at radius 3 is 1.79 bits per heavy atom. The molecule has 2 saturated carbocycles. The molecule has 3 saturated heterocycles. The second-order valence-electron chi connectivity index (χ2n) is 19.5. The normalized spacial score (nSPS) is 21.7. The number of aromatic nitrogens is 7. The zero-order valence-electron chi connectivity index (χ0n) is 39.0. The summed E-state index contributed by atoms with van der Waals surface area (Å²) in [5.41, 5.74) is 6.58. The van der Waals surface area contributed by atoms with Crippen LogP contribution in [0.15, 0.2) is 67.3 Å². The van der Waals surface area contributed by atoms with Gasteiger partial charge in [0.25, 0.3) is 0 Å². The lowest BCUT2D eigenvalue weighted by Crippen LogP contribution is -2.41. The van der Waals surface area contributed by atoms with E-state index in [9.17, 15) is 9.59 Å². The molecule has 0 bridgehead atoms. The van der Waals surface area contributed by atoms with Gasteiger partial charge in [-0.25, -0.2) is 4.98 Å². The minimum atomic E-state index is -0.296. The lowest BCUT2D eigenvalue weighted by Gasteiger charge is -2.32. The van der Waals surface area contributed by atoms with Crippen LogP contribution in [-0.2, 0) is 33.0 Å². The molecule has 1 aromatic carbocycles. The first-order valence-electron chi connectivity index (χ1n) is 23.1. The molecule has 6 aromatic rings. The molecule has 15 nitrogen and oxygen atoms in total. The monoisotopic (exact) mass is 915 g/mol. The van der Waals surface area contributed by atoms with Crippen LogP contribution in [0.25, 0.3) is 32.9 Å². The molecule has 0 radical (unpaired) electrons. The van der Waals surface area contributed by atoms with Crippen molar-refractivity contribution in [3.05, 3.63) is 83.8 Å². The summed E-state index contributed by atoms with van der Waals surface area (Å²) in [4.78, 5) is 36.2. The number of pyridine rings is 3. The zero-order chi connectivity index (χ0) is 46.5. The van der Waals surface area contributed by atoms with E-state index >= 15 is 0 Å². The predicted octanol–water partition coefficient (Wildman–Crippen LogP) is 7.20. The topological polar surface area (TPSA) is 169 Å². The molecule has 5 aliphatic rings. The van der Waals surface area contributed by atoms with Crippen molar-refractivity contribution in [3.8, 4) is 22.8 Å². The number of nitrogens with one attached hydrogen (secondary N) is 2. The molecule has 0 spiro atoms. The molecule has 346 valence electrons. The number of benzene rings is 1. The number of nitrogens with zero attached hydrogens (tertiary/aromatic N) is 7. The highest BCUT2D eigenvalue weighted by Crippen LogP contribution is 2.41. The summed E-state index contributed by atoms with van der Waals surface area (Å²) in [6.07, 6.45) is 13.6. The number of rotatable bonds is 10. The van der Waals surface area contributed by atoms with Crippen molar-refractivity contribution < 1.29 is 28.4 Å². The van der Waals surface area contributed by atoms with Gasteiger partial charge in [0.15, 0.2) is 0 Å². The number of hydrogen-bond acceptors (Lipinski definition) is 11. The van der Waals surface area contributed by atoms with Crippen molar-refractivity contribution in [1.29, 1.82) is 0 Å². The van der Waals surface area contributed by atoms with E-state index in [4.69, 9.17) is 30.4 Å². The van der Waals surface area contributed by atoms with E-state index in [1.54, 1.807) is 15.4 Å². The highest BCUT2D eigenvalue weighted by atomic mass is 35.5. The maximum atomic E-state index is 11.6. The van der Waals surface area contributed by atoms with Crippen LogP contribution in [0.5, 0.6) is 11.6 Å². The summed E-state index contributed by atoms with van der Waals surface area (Å²) < 4.78 is 27.8. The number of halogens is 1. The smallest absolute Gasteiger partial charge is 0.490 e. The van der Waals surface area contributed by atoms with Crippen LogP contribution < -0.4 is 25.6 Å². The van der Waals surface area contributed by atoms with Gasteiger partial charge in [-0.2, -0.15) is 10.2 Å². The molecule has 8 heterocycles. The van der Waals surface area contributed by atoms with E-state index in [1.165, 1.54) is 37.1 Å². The van der Waals surface area contributed by atoms with Crippen LogP contribution in [0.2, 0.25) is 5.15 Å². The standard InChI is InChI=1S/C22H24N4O2.C14H20BNO2.C13H15ClN4O2/c1-13(17-9-22(27)24-11-17)28-21-8-16(7-20-18(21)12-26(2)25-20)15-5-6-19(23-10-15)14-3-4-14;1-13(2)14(3,4)18-15(17-13)11-7-8-12(16-9-11)10-5-6-10;1-7(8-3-12(19)15-5-8)20-13-9-6-18(2)17-10(9)4-11(14)16-13/h5-8,10,12-14,17H,3-4,9,11H2,1-2H3,(H,24,27);7-10H,5-6H2,1-4H3;4,6-8H,3,5H2,1-2H3,(H,15,19)/t13-,17-;;7-,8-/m1.1/s1. The van der Waals surface area contributed by atoms with Crippen molar-refractivity contribution >= 4 is 57.8 Å². The highest BCUT2D eigenvalue weighted by molar-refractivity contribution is 6.62. The lowest BCUT2D eigenvalue weighted by molar-refractivity contribution is -0.120. The van der Waals surface area contributed by atoms with E-state index in [-0.39, 0.29) is 54.2 Å². The Morgan fingerprint density at radius 1 is 0.727 bits per heavy atom. The fourth-order valence-corrected chi connectivity index (χ4v) is 8.66. The van der Waals surface area contributed by atoms with Crippen LogP contribution in [0, 0.1) is 11.8 Å². The Balaban J connectivity index is 0.000000129. The molecule has 11 rings (SSSR count). The molecule has 5 aromatic heterocycles. The molecule has 17 heteroatoms. The number of carbonyl (C=O) groups excluding carboxylic acids is 2. The largest absolute Gasteiger partial charge is 0.496 e. The first-order valence-corrected chi connectivity index (χ1v) is 23.5. The number of hydrogen-bond donors (Lipinski definition) is 2. The van der Waals surface area contributed by atoms with Crippen LogP contribution in [-0.4, -0.2) is 89.9 Å². The zero-order valence-corrected chi connectivity index (χ0v) is 39.8. The molecule has 66 heavy (non-hydrogen) atoms. The van der Waals surface area contributed by atoms with E-state index in [0.717, 1.165) is 44.1 Å². The van der Waals surface area contributed by atoms with Gasteiger partial charge in [-0.15, -0.1) is 0 Å². The van der Waals surface area contributed by atoms with Crippen LogP contribution in [0.3, 0.4) is 0 Å². The van der Waals surface area contributed by atoms with Gasteiger partial charge in [0.1, 0.15) is 28.6 Å². The Kier molecular flexibility index (Phi) is 12.6. The first-order chi connectivity index (χ1) is 31.5. The molecule has 3 aliphatic heterocycles. The van der Waals surface area contributed by atoms with Gasteiger partial charge in [0.2, 0.25) is 17.7 Å². The lowest BCUT2D eigenvalue weighted by atomic mass is 9.80. The molecular weight excluding hydrogens is 857 g/mol. The third kappa shape index (κ3) is 10.2. The second kappa shape index (κ2) is 18.3. The highest BCUT2D eigenvalue weighted by Gasteiger charge is 2.52. The number of aryl methyl sites for hydroxylation is 2. The molecular formula is C49H59BClN9O6. The number of carbonyl (C=O) groups is 2. The number of amides is 2. The van der Waals surface area contributed by atoms with Gasteiger partial charge in [-0.1, -0.05) is 23.7 Å². The number of ether oxygens (including phenoxy) is 2. The van der Waals surface area contributed by atoms with Crippen LogP contribution in [0.1, 0.15) is 103 Å². The third-order valence-corrected chi connectivity index (χ3v) is 13.8. The van der Waals surface area contributed by atoms with E-state index in [1.807, 2.05) is 52.7 Å². The van der Waals surface area contributed by atoms with Crippen LogP contribution in [0.4, 0.5) is 0 Å². The summed E-state index contributed by atoms with van der Waals surface area (Å²) in [7, 11) is 3.45. The maximum absolute atomic E-state index is 11.6. The summed E-state index contributed by atoms with van der Waals surface area (Å²) in [5, 5.41) is 16.7. The van der Waals surface area contributed by atoms with Gasteiger partial charge in [-0.05, 0) is 97.1 Å². The summed E-state index contributed by atoms with van der Waals surface area (Å²) >= 11 is 5.99. The van der Waals surface area contributed by atoms with Crippen molar-refractivity contribution in [1.82, 2.24) is 45.1 Å². The maximum Gasteiger partial charge on any atom is 0.496 e. The summed E-state index contributed by atoms with van der Waals surface area (Å²) in [6.45, 7) is 13.6. The Bertz CT molecular complexity index is 2720. The third-order valence-electron chi connectivity index (χ3n) is 13.7. The molecule has 0 unspecified atom stereocenters. The summed E-state index contributed by atoms with van der Waals surface area (Å²) in [6, 6.07) is 14.3. The summed E-state index contributed by atoms with van der Waals surface area (Å²) in [5.74, 6) is 3.11.